The molecule has 160 valence electrons. The molecule has 0 amide bonds. The lowest BCUT2D eigenvalue weighted by atomic mass is 9.98. The Labute approximate surface area is 186 Å². The summed E-state index contributed by atoms with van der Waals surface area (Å²) in [6.45, 7) is 14.3. The summed E-state index contributed by atoms with van der Waals surface area (Å²) >= 11 is 6.23. The molecule has 30 heavy (non-hydrogen) atoms. The van der Waals surface area contributed by atoms with Gasteiger partial charge in [-0.3, -0.25) is 4.90 Å². The monoisotopic (exact) mass is 424 g/mol. The summed E-state index contributed by atoms with van der Waals surface area (Å²) in [7, 11) is 0. The Morgan fingerprint density at radius 1 is 1.20 bits per heavy atom. The van der Waals surface area contributed by atoms with Crippen LogP contribution in [0.3, 0.4) is 0 Å². The second kappa shape index (κ2) is 10.4. The molecule has 0 unspecified atom stereocenters. The van der Waals surface area contributed by atoms with E-state index in [0.29, 0.717) is 6.10 Å². The Hall–Kier alpha value is -1.99. The van der Waals surface area contributed by atoms with E-state index in [1.807, 2.05) is 19.9 Å². The Balaban J connectivity index is 1.82. The maximum atomic E-state index is 6.23. The van der Waals surface area contributed by atoms with Crippen LogP contribution >= 0.6 is 11.6 Å². The number of hydrogen-bond acceptors (Lipinski definition) is 3. The molecule has 1 aliphatic heterocycles. The van der Waals surface area contributed by atoms with E-state index in [1.165, 1.54) is 16.7 Å². The maximum absolute atomic E-state index is 6.23. The minimum absolute atomic E-state index is 0.0747. The first kappa shape index (κ1) is 22.7. The average Bonchev–Trinajstić information content (AvgIpc) is 3.16. The minimum atomic E-state index is -0.0747. The number of rotatable bonds is 7. The first-order chi connectivity index (χ1) is 14.4. The lowest BCUT2D eigenvalue weighted by Gasteiger charge is -2.23. The first-order valence-electron chi connectivity index (χ1n) is 10.8. The first-order valence-corrected chi connectivity index (χ1v) is 11.2. The van der Waals surface area contributed by atoms with Crippen LogP contribution in [0.25, 0.3) is 0 Å². The van der Waals surface area contributed by atoms with Crippen LogP contribution in [0.1, 0.15) is 54.1 Å². The van der Waals surface area contributed by atoms with Crippen molar-refractivity contribution in [2.24, 2.45) is 0 Å². The third-order valence-electron chi connectivity index (χ3n) is 5.95. The highest BCUT2D eigenvalue weighted by Gasteiger charge is 2.24. The molecule has 2 atom stereocenters. The Morgan fingerprint density at radius 3 is 2.70 bits per heavy atom. The summed E-state index contributed by atoms with van der Waals surface area (Å²) in [5.41, 5.74) is 7.36. The zero-order valence-corrected chi connectivity index (χ0v) is 19.6. The summed E-state index contributed by atoms with van der Waals surface area (Å²) in [5.74, 6) is 6.39. The van der Waals surface area contributed by atoms with Gasteiger partial charge in [-0.25, -0.2) is 0 Å². The molecule has 3 nitrogen and oxygen atoms in total. The predicted octanol–water partition coefficient (Wildman–Crippen LogP) is 6.05. The fourth-order valence-corrected chi connectivity index (χ4v) is 4.30. The topological polar surface area (TPSA) is 24.5 Å². The minimum Gasteiger partial charge on any atom is -0.377 e. The third kappa shape index (κ3) is 5.38. The van der Waals surface area contributed by atoms with Gasteiger partial charge in [-0.1, -0.05) is 35.7 Å². The normalized spacial score (nSPS) is 17.5. The van der Waals surface area contributed by atoms with Gasteiger partial charge in [-0.05, 0) is 81.0 Å². The Morgan fingerprint density at radius 2 is 2.00 bits per heavy atom. The summed E-state index contributed by atoms with van der Waals surface area (Å²) < 4.78 is 5.82. The van der Waals surface area contributed by atoms with E-state index in [1.54, 1.807) is 0 Å². The van der Waals surface area contributed by atoms with Crippen molar-refractivity contribution < 1.29 is 4.74 Å². The SMILES string of the molecule is CC#C[C@@H](Nc1ccc(C)c(CN2CC[C@@H](OCC)C2)c1C)c1ccc(Cl)c(C)c1. The third-order valence-corrected chi connectivity index (χ3v) is 6.37. The number of anilines is 1. The molecule has 0 radical (unpaired) electrons. The molecule has 0 aromatic heterocycles. The lowest BCUT2D eigenvalue weighted by molar-refractivity contribution is 0.0682. The van der Waals surface area contributed by atoms with Crippen LogP contribution in [-0.4, -0.2) is 30.7 Å². The summed E-state index contributed by atoms with van der Waals surface area (Å²) in [6, 6.07) is 10.4. The van der Waals surface area contributed by atoms with Crippen LogP contribution in [0.4, 0.5) is 5.69 Å². The van der Waals surface area contributed by atoms with Gasteiger partial charge in [0.15, 0.2) is 0 Å². The van der Waals surface area contributed by atoms with Gasteiger partial charge in [0.05, 0.1) is 6.10 Å². The number of hydrogen-bond donors (Lipinski definition) is 1. The molecule has 3 rings (SSSR count). The molecule has 2 aromatic rings. The molecule has 2 aromatic carbocycles. The summed E-state index contributed by atoms with van der Waals surface area (Å²) in [5, 5.41) is 4.46. The molecule has 0 saturated carbocycles. The molecule has 0 bridgehead atoms. The van der Waals surface area contributed by atoms with Crippen molar-refractivity contribution in [3.8, 4) is 11.8 Å². The molecule has 4 heteroatoms. The van der Waals surface area contributed by atoms with Crippen molar-refractivity contribution in [2.75, 3.05) is 25.0 Å². The van der Waals surface area contributed by atoms with Crippen LogP contribution in [0.5, 0.6) is 0 Å². The van der Waals surface area contributed by atoms with Crippen molar-refractivity contribution in [2.45, 2.75) is 59.7 Å². The number of nitrogens with zero attached hydrogens (tertiary/aromatic N) is 1. The van der Waals surface area contributed by atoms with Gasteiger partial charge in [0.1, 0.15) is 6.04 Å². The second-order valence-corrected chi connectivity index (χ2v) is 8.52. The Bertz CT molecular complexity index is 944. The van der Waals surface area contributed by atoms with Gasteiger partial charge in [0.2, 0.25) is 0 Å². The molecule has 1 fully saturated rings. The number of ether oxygens (including phenoxy) is 1. The van der Waals surface area contributed by atoms with Crippen molar-refractivity contribution in [1.29, 1.82) is 0 Å². The zero-order chi connectivity index (χ0) is 21.7. The largest absolute Gasteiger partial charge is 0.377 e. The highest BCUT2D eigenvalue weighted by atomic mass is 35.5. The molecule has 1 aliphatic rings. The molecule has 0 aliphatic carbocycles. The summed E-state index contributed by atoms with van der Waals surface area (Å²) in [6.07, 6.45) is 1.49. The van der Waals surface area contributed by atoms with Gasteiger partial charge in [-0.15, -0.1) is 5.92 Å². The van der Waals surface area contributed by atoms with Gasteiger partial charge in [0, 0.05) is 37.0 Å². The molecule has 0 spiro atoms. The molecule has 1 saturated heterocycles. The van der Waals surface area contributed by atoms with Crippen LogP contribution in [0.15, 0.2) is 30.3 Å². The number of nitrogens with one attached hydrogen (secondary N) is 1. The van der Waals surface area contributed by atoms with E-state index in [2.05, 4.69) is 67.1 Å². The predicted molar refractivity (Wildman–Crippen MR) is 127 cm³/mol. The van der Waals surface area contributed by atoms with Crippen molar-refractivity contribution in [3.05, 3.63) is 63.2 Å². The van der Waals surface area contributed by atoms with Gasteiger partial charge in [-0.2, -0.15) is 0 Å². The van der Waals surface area contributed by atoms with E-state index >= 15 is 0 Å². The van der Waals surface area contributed by atoms with E-state index in [-0.39, 0.29) is 6.04 Å². The highest BCUT2D eigenvalue weighted by molar-refractivity contribution is 6.31. The quantitative estimate of drug-likeness (QED) is 0.547. The zero-order valence-electron chi connectivity index (χ0n) is 18.8. The van der Waals surface area contributed by atoms with Crippen molar-refractivity contribution in [1.82, 2.24) is 4.90 Å². The van der Waals surface area contributed by atoms with Gasteiger partial charge >= 0.3 is 0 Å². The maximum Gasteiger partial charge on any atom is 0.113 e. The standard InChI is InChI=1S/C26H33ClN2O/c1-6-8-26(21-10-11-24(27)19(4)15-21)28-25-12-9-18(3)23(20(25)5)17-29-14-13-22(16-29)30-7-2/h9-12,15,22,26,28H,7,13-14,16-17H2,1-5H3/t22-,26-/m1/s1. The number of benzene rings is 2. The lowest BCUT2D eigenvalue weighted by Crippen LogP contribution is -2.24. The molecular formula is C26H33ClN2O. The van der Waals surface area contributed by atoms with Crippen LogP contribution < -0.4 is 5.32 Å². The van der Waals surface area contributed by atoms with Crippen LogP contribution in [0.2, 0.25) is 5.02 Å². The van der Waals surface area contributed by atoms with Crippen molar-refractivity contribution in [3.63, 3.8) is 0 Å². The van der Waals surface area contributed by atoms with Gasteiger partial charge in [0.25, 0.3) is 0 Å². The fourth-order valence-electron chi connectivity index (χ4n) is 4.18. The second-order valence-electron chi connectivity index (χ2n) is 8.12. The highest BCUT2D eigenvalue weighted by Crippen LogP contribution is 2.29. The number of aryl methyl sites for hydroxylation is 2. The van der Waals surface area contributed by atoms with E-state index < -0.39 is 0 Å². The molecular weight excluding hydrogens is 392 g/mol. The average molecular weight is 425 g/mol. The smallest absolute Gasteiger partial charge is 0.113 e. The summed E-state index contributed by atoms with van der Waals surface area (Å²) in [4.78, 5) is 2.51. The molecule has 1 N–H and O–H groups in total. The van der Waals surface area contributed by atoms with Crippen LogP contribution in [0, 0.1) is 32.6 Å². The number of likely N-dealkylation sites (tertiary alicyclic amines) is 1. The fraction of sp³-hybridized carbons (Fsp3) is 0.462. The Kier molecular flexibility index (Phi) is 7.83. The van der Waals surface area contributed by atoms with Crippen LogP contribution in [-0.2, 0) is 11.3 Å². The van der Waals surface area contributed by atoms with Crippen molar-refractivity contribution >= 4 is 17.3 Å². The van der Waals surface area contributed by atoms with Gasteiger partial charge < -0.3 is 10.1 Å². The van der Waals surface area contributed by atoms with E-state index in [0.717, 1.165) is 54.5 Å². The number of halogens is 1. The molecule has 1 heterocycles. The van der Waals surface area contributed by atoms with E-state index in [4.69, 9.17) is 16.3 Å². The van der Waals surface area contributed by atoms with E-state index in [9.17, 15) is 0 Å².